The van der Waals surface area contributed by atoms with E-state index >= 15 is 0 Å². The Morgan fingerprint density at radius 3 is 2.67 bits per heavy atom. The van der Waals surface area contributed by atoms with E-state index in [4.69, 9.17) is 0 Å². The minimum atomic E-state index is -3.61. The van der Waals surface area contributed by atoms with E-state index in [9.17, 15) is 13.2 Å². The molecule has 1 aromatic rings. The third-order valence-electron chi connectivity index (χ3n) is 2.87. The topological polar surface area (TPSA) is 63.2 Å². The Labute approximate surface area is 111 Å². The zero-order valence-corrected chi connectivity index (χ0v) is 11.9. The van der Waals surface area contributed by atoms with Crippen molar-refractivity contribution in [1.29, 1.82) is 0 Å². The van der Waals surface area contributed by atoms with E-state index in [1.54, 1.807) is 19.1 Å². The standard InChI is InChI=1S/C12H15NO3S2/c1-8-3-4-9(2)11(7-8)18(15,16)13-10-5-6-17-12(10)14/h3-4,7,10,13H,5-6H2,1-2H3/t10-/m1/s1. The molecule has 6 heteroatoms. The number of aryl methyl sites for hydroxylation is 2. The summed E-state index contributed by atoms with van der Waals surface area (Å²) in [5, 5.41) is -0.0936. The molecule has 0 saturated carbocycles. The first-order valence-corrected chi connectivity index (χ1v) is 8.13. The van der Waals surface area contributed by atoms with Crippen LogP contribution in [-0.4, -0.2) is 25.3 Å². The second kappa shape index (κ2) is 5.03. The molecule has 0 aliphatic carbocycles. The molecule has 1 atom stereocenters. The van der Waals surface area contributed by atoms with E-state index in [-0.39, 0.29) is 10.0 Å². The maximum Gasteiger partial charge on any atom is 0.241 e. The molecule has 4 nitrogen and oxygen atoms in total. The SMILES string of the molecule is Cc1ccc(C)c(S(=O)(=O)N[C@@H]2CCSC2=O)c1. The van der Waals surface area contributed by atoms with Crippen molar-refractivity contribution < 1.29 is 13.2 Å². The van der Waals surface area contributed by atoms with Crippen molar-refractivity contribution in [1.82, 2.24) is 4.72 Å². The Morgan fingerprint density at radius 2 is 2.06 bits per heavy atom. The van der Waals surface area contributed by atoms with Gasteiger partial charge in [0.25, 0.3) is 0 Å². The minimum absolute atomic E-state index is 0.0936. The molecule has 1 heterocycles. The van der Waals surface area contributed by atoms with Gasteiger partial charge >= 0.3 is 0 Å². The third kappa shape index (κ3) is 2.76. The second-order valence-corrected chi connectivity index (χ2v) is 7.18. The molecule has 1 aliphatic heterocycles. The van der Waals surface area contributed by atoms with E-state index in [0.29, 0.717) is 17.7 Å². The van der Waals surface area contributed by atoms with E-state index in [1.165, 1.54) is 11.8 Å². The number of rotatable bonds is 3. The van der Waals surface area contributed by atoms with Gasteiger partial charge in [0.05, 0.1) is 10.9 Å². The summed E-state index contributed by atoms with van der Waals surface area (Å²) < 4.78 is 27.0. The highest BCUT2D eigenvalue weighted by Crippen LogP contribution is 2.23. The van der Waals surface area contributed by atoms with Crippen LogP contribution in [0.3, 0.4) is 0 Å². The molecule has 1 fully saturated rings. The predicted molar refractivity (Wildman–Crippen MR) is 72.1 cm³/mol. The van der Waals surface area contributed by atoms with Gasteiger partial charge in [-0.3, -0.25) is 4.79 Å². The van der Waals surface area contributed by atoms with Gasteiger partial charge in [0, 0.05) is 5.75 Å². The van der Waals surface area contributed by atoms with Crippen LogP contribution in [0.5, 0.6) is 0 Å². The van der Waals surface area contributed by atoms with Crippen molar-refractivity contribution in [2.75, 3.05) is 5.75 Å². The molecule has 1 saturated heterocycles. The first-order chi connectivity index (χ1) is 8.40. The summed E-state index contributed by atoms with van der Waals surface area (Å²) in [5.74, 6) is 0.679. The van der Waals surface area contributed by atoms with Gasteiger partial charge in [0.2, 0.25) is 15.1 Å². The number of carbonyl (C=O) groups excluding carboxylic acids is 1. The highest BCUT2D eigenvalue weighted by Gasteiger charge is 2.30. The first kappa shape index (κ1) is 13.6. The van der Waals surface area contributed by atoms with Crippen molar-refractivity contribution in [2.24, 2.45) is 0 Å². The van der Waals surface area contributed by atoms with Crippen molar-refractivity contribution in [3.8, 4) is 0 Å². The van der Waals surface area contributed by atoms with Crippen LogP contribution >= 0.6 is 11.8 Å². The molecule has 0 spiro atoms. The van der Waals surface area contributed by atoms with Crippen LogP contribution in [0.4, 0.5) is 0 Å². The zero-order chi connectivity index (χ0) is 13.3. The Morgan fingerprint density at radius 1 is 1.33 bits per heavy atom. The lowest BCUT2D eigenvalue weighted by atomic mass is 10.2. The first-order valence-electron chi connectivity index (χ1n) is 5.66. The maximum absolute atomic E-state index is 12.2. The smallest absolute Gasteiger partial charge is 0.241 e. The summed E-state index contributed by atoms with van der Waals surface area (Å²) in [5.41, 5.74) is 1.57. The van der Waals surface area contributed by atoms with Crippen LogP contribution in [0, 0.1) is 13.8 Å². The van der Waals surface area contributed by atoms with Gasteiger partial charge < -0.3 is 0 Å². The van der Waals surface area contributed by atoms with Crippen LogP contribution in [0.1, 0.15) is 17.5 Å². The Hall–Kier alpha value is -0.850. The van der Waals surface area contributed by atoms with Gasteiger partial charge in [-0.25, -0.2) is 8.42 Å². The Bertz CT molecular complexity index is 581. The van der Waals surface area contributed by atoms with Gasteiger partial charge in [-0.1, -0.05) is 23.9 Å². The highest BCUT2D eigenvalue weighted by atomic mass is 32.2. The lowest BCUT2D eigenvalue weighted by molar-refractivity contribution is -0.111. The molecule has 1 aliphatic rings. The zero-order valence-electron chi connectivity index (χ0n) is 10.3. The molecule has 0 bridgehead atoms. The molecule has 0 unspecified atom stereocenters. The van der Waals surface area contributed by atoms with Gasteiger partial charge in [-0.2, -0.15) is 4.72 Å². The summed E-state index contributed by atoms with van der Waals surface area (Å²) in [6.45, 7) is 3.59. The van der Waals surface area contributed by atoms with E-state index in [1.807, 2.05) is 13.0 Å². The molecule has 0 amide bonds. The fourth-order valence-corrected chi connectivity index (χ4v) is 4.42. The summed E-state index contributed by atoms with van der Waals surface area (Å²) in [4.78, 5) is 11.7. The quantitative estimate of drug-likeness (QED) is 0.916. The molecule has 98 valence electrons. The maximum atomic E-state index is 12.2. The number of carbonyl (C=O) groups is 1. The second-order valence-electron chi connectivity index (χ2n) is 4.40. The summed E-state index contributed by atoms with van der Waals surface area (Å²) in [6, 6.07) is 4.68. The molecule has 1 aromatic carbocycles. The van der Waals surface area contributed by atoms with Gasteiger partial charge in [-0.15, -0.1) is 0 Å². The molecular weight excluding hydrogens is 270 g/mol. The number of sulfonamides is 1. The van der Waals surface area contributed by atoms with Crippen LogP contribution < -0.4 is 4.72 Å². The third-order valence-corrected chi connectivity index (χ3v) is 5.49. The average molecular weight is 285 g/mol. The molecule has 0 radical (unpaired) electrons. The van der Waals surface area contributed by atoms with Crippen molar-refractivity contribution in [3.63, 3.8) is 0 Å². The normalized spacial score (nSPS) is 20.3. The lowest BCUT2D eigenvalue weighted by Gasteiger charge is -2.13. The summed E-state index contributed by atoms with van der Waals surface area (Å²) in [7, 11) is -3.61. The Balaban J connectivity index is 2.30. The fourth-order valence-electron chi connectivity index (χ4n) is 1.85. The van der Waals surface area contributed by atoms with Crippen LogP contribution in [0.2, 0.25) is 0 Å². The van der Waals surface area contributed by atoms with Gasteiger partial charge in [0.1, 0.15) is 0 Å². The Kier molecular flexibility index (Phi) is 3.79. The van der Waals surface area contributed by atoms with Gasteiger partial charge in [-0.05, 0) is 37.5 Å². The lowest BCUT2D eigenvalue weighted by Crippen LogP contribution is -2.37. The number of nitrogens with one attached hydrogen (secondary N) is 1. The molecular formula is C12H15NO3S2. The number of thioether (sulfide) groups is 1. The van der Waals surface area contributed by atoms with Gasteiger partial charge in [0.15, 0.2) is 0 Å². The van der Waals surface area contributed by atoms with Crippen LogP contribution in [0.25, 0.3) is 0 Å². The molecule has 0 aromatic heterocycles. The molecule has 1 N–H and O–H groups in total. The minimum Gasteiger partial charge on any atom is -0.285 e. The fraction of sp³-hybridized carbons (Fsp3) is 0.417. The van der Waals surface area contributed by atoms with Crippen molar-refractivity contribution in [3.05, 3.63) is 29.3 Å². The number of hydrogen-bond donors (Lipinski definition) is 1. The van der Waals surface area contributed by atoms with Crippen molar-refractivity contribution >= 4 is 26.9 Å². The van der Waals surface area contributed by atoms with E-state index < -0.39 is 16.1 Å². The van der Waals surface area contributed by atoms with E-state index in [2.05, 4.69) is 4.72 Å². The van der Waals surface area contributed by atoms with E-state index in [0.717, 1.165) is 5.56 Å². The summed E-state index contributed by atoms with van der Waals surface area (Å²) in [6.07, 6.45) is 0.563. The largest absolute Gasteiger partial charge is 0.285 e. The highest BCUT2D eigenvalue weighted by molar-refractivity contribution is 8.14. The molecule has 2 rings (SSSR count). The monoisotopic (exact) mass is 285 g/mol. The average Bonchev–Trinajstić information content (AvgIpc) is 2.67. The predicted octanol–water partition coefficient (Wildman–Crippen LogP) is 1.61. The van der Waals surface area contributed by atoms with Crippen molar-refractivity contribution in [2.45, 2.75) is 31.2 Å². The molecule has 18 heavy (non-hydrogen) atoms. The van der Waals surface area contributed by atoms with Crippen LogP contribution in [-0.2, 0) is 14.8 Å². The number of benzene rings is 1. The van der Waals surface area contributed by atoms with Crippen LogP contribution in [0.15, 0.2) is 23.1 Å². The summed E-state index contributed by atoms with van der Waals surface area (Å²) >= 11 is 1.18. The number of hydrogen-bond acceptors (Lipinski definition) is 4.